The van der Waals surface area contributed by atoms with Gasteiger partial charge in [0.15, 0.2) is 17.5 Å². The maximum absolute atomic E-state index is 5.24. The zero-order valence-corrected chi connectivity index (χ0v) is 31.1. The molecule has 8 aromatic carbocycles. The summed E-state index contributed by atoms with van der Waals surface area (Å²) in [6.07, 6.45) is 0. The Morgan fingerprint density at radius 1 is 0.286 bits per heavy atom. The van der Waals surface area contributed by atoms with Crippen molar-refractivity contribution in [1.82, 2.24) is 15.0 Å². The van der Waals surface area contributed by atoms with Crippen LogP contribution in [0.25, 0.3) is 67.5 Å². The smallest absolute Gasteiger partial charge is 0.164 e. The Kier molecular flexibility index (Phi) is 7.64. The standard InChI is InChI=1S/C52H33N3S/c1-3-16-34(17-4-1)35-30-32-37(33-31-35)50-53-49(36-18-5-2-6-19-36)54-51(55-50)42-23-8-7-20-38(42)41-24-15-28-46-48(41)56-47-29-14-13-27-45(47)52(46)43-25-11-9-21-39(43)40-22-10-12-26-44(40)52/h1-33H. The molecule has 0 fully saturated rings. The monoisotopic (exact) mass is 731 g/mol. The van der Waals surface area contributed by atoms with E-state index < -0.39 is 5.41 Å². The van der Waals surface area contributed by atoms with Crippen molar-refractivity contribution in [3.05, 3.63) is 222 Å². The van der Waals surface area contributed by atoms with E-state index in [9.17, 15) is 0 Å². The fourth-order valence-corrected chi connectivity index (χ4v) is 10.1. The van der Waals surface area contributed by atoms with E-state index in [0.29, 0.717) is 17.5 Å². The van der Waals surface area contributed by atoms with E-state index in [-0.39, 0.29) is 0 Å². The highest BCUT2D eigenvalue weighted by atomic mass is 32.2. The second kappa shape index (κ2) is 13.2. The molecule has 2 aliphatic rings. The molecule has 1 aliphatic carbocycles. The minimum Gasteiger partial charge on any atom is -0.208 e. The highest BCUT2D eigenvalue weighted by Crippen LogP contribution is 2.63. The Hall–Kier alpha value is -6.88. The second-order valence-corrected chi connectivity index (χ2v) is 15.3. The van der Waals surface area contributed by atoms with E-state index in [4.69, 9.17) is 15.0 Å². The van der Waals surface area contributed by atoms with Gasteiger partial charge in [-0.1, -0.05) is 206 Å². The molecule has 9 aromatic rings. The molecular formula is C52H33N3S. The Morgan fingerprint density at radius 2 is 0.714 bits per heavy atom. The Morgan fingerprint density at radius 3 is 1.38 bits per heavy atom. The first-order valence-electron chi connectivity index (χ1n) is 18.9. The molecule has 0 N–H and O–H groups in total. The van der Waals surface area contributed by atoms with Gasteiger partial charge in [-0.25, -0.2) is 15.0 Å². The van der Waals surface area contributed by atoms with E-state index in [2.05, 4.69) is 176 Å². The average molecular weight is 732 g/mol. The van der Waals surface area contributed by atoms with Crippen LogP contribution in [0, 0.1) is 0 Å². The van der Waals surface area contributed by atoms with Crippen LogP contribution in [0.5, 0.6) is 0 Å². The van der Waals surface area contributed by atoms with Crippen molar-refractivity contribution in [3.8, 4) is 67.5 Å². The van der Waals surface area contributed by atoms with Crippen LogP contribution < -0.4 is 0 Å². The van der Waals surface area contributed by atoms with Crippen molar-refractivity contribution < 1.29 is 0 Å². The second-order valence-electron chi connectivity index (χ2n) is 14.3. The lowest BCUT2D eigenvalue weighted by Gasteiger charge is -2.40. The van der Waals surface area contributed by atoms with Crippen LogP contribution in [0.2, 0.25) is 0 Å². The van der Waals surface area contributed by atoms with Crippen LogP contribution in [0.3, 0.4) is 0 Å². The summed E-state index contributed by atoms with van der Waals surface area (Å²) in [6.45, 7) is 0. The summed E-state index contributed by atoms with van der Waals surface area (Å²) < 4.78 is 0. The summed E-state index contributed by atoms with van der Waals surface area (Å²) >= 11 is 1.86. The van der Waals surface area contributed by atoms with Gasteiger partial charge in [-0.15, -0.1) is 0 Å². The molecular weight excluding hydrogens is 699 g/mol. The molecule has 2 heterocycles. The number of hydrogen-bond acceptors (Lipinski definition) is 4. The lowest BCUT2D eigenvalue weighted by molar-refractivity contribution is 0.723. The number of hydrogen-bond donors (Lipinski definition) is 0. The van der Waals surface area contributed by atoms with Gasteiger partial charge in [-0.2, -0.15) is 0 Å². The molecule has 56 heavy (non-hydrogen) atoms. The summed E-state index contributed by atoms with van der Waals surface area (Å²) in [4.78, 5) is 18.0. The lowest BCUT2D eigenvalue weighted by atomic mass is 9.67. The lowest BCUT2D eigenvalue weighted by Crippen LogP contribution is -2.32. The first-order chi connectivity index (χ1) is 27.8. The largest absolute Gasteiger partial charge is 0.208 e. The highest BCUT2D eigenvalue weighted by molar-refractivity contribution is 7.99. The van der Waals surface area contributed by atoms with E-state index in [1.807, 2.05) is 36.0 Å². The third-order valence-corrected chi connectivity index (χ3v) is 12.5. The molecule has 0 amide bonds. The molecule has 1 spiro atoms. The van der Waals surface area contributed by atoms with Gasteiger partial charge in [-0.3, -0.25) is 0 Å². The maximum atomic E-state index is 5.24. The van der Waals surface area contributed by atoms with Gasteiger partial charge < -0.3 is 0 Å². The molecule has 1 aliphatic heterocycles. The first-order valence-corrected chi connectivity index (χ1v) is 19.8. The summed E-state index contributed by atoms with van der Waals surface area (Å²) in [5, 5.41) is 0. The number of aromatic nitrogens is 3. The van der Waals surface area contributed by atoms with Crippen LogP contribution >= 0.6 is 11.8 Å². The van der Waals surface area contributed by atoms with Crippen molar-refractivity contribution in [2.75, 3.05) is 0 Å². The fraction of sp³-hybridized carbons (Fsp3) is 0.0192. The number of rotatable bonds is 5. The molecule has 1 aromatic heterocycles. The van der Waals surface area contributed by atoms with E-state index in [1.54, 1.807) is 0 Å². The predicted molar refractivity (Wildman–Crippen MR) is 228 cm³/mol. The minimum absolute atomic E-state index is 0.456. The van der Waals surface area contributed by atoms with E-state index >= 15 is 0 Å². The zero-order chi connectivity index (χ0) is 37.1. The molecule has 0 saturated carbocycles. The number of benzene rings is 8. The molecule has 11 rings (SSSR count). The van der Waals surface area contributed by atoms with Gasteiger partial charge in [0, 0.05) is 26.5 Å². The molecule has 0 radical (unpaired) electrons. The predicted octanol–water partition coefficient (Wildman–Crippen LogP) is 13.0. The molecule has 0 unspecified atom stereocenters. The molecule has 262 valence electrons. The Bertz CT molecular complexity index is 2890. The van der Waals surface area contributed by atoms with Gasteiger partial charge in [0.2, 0.25) is 0 Å². The van der Waals surface area contributed by atoms with Crippen LogP contribution in [0.15, 0.2) is 210 Å². The van der Waals surface area contributed by atoms with Gasteiger partial charge in [0.1, 0.15) is 0 Å². The summed E-state index contributed by atoms with van der Waals surface area (Å²) in [7, 11) is 0. The first kappa shape index (κ1) is 32.5. The van der Waals surface area contributed by atoms with Crippen LogP contribution in [0.4, 0.5) is 0 Å². The van der Waals surface area contributed by atoms with Gasteiger partial charge >= 0.3 is 0 Å². The summed E-state index contributed by atoms with van der Waals surface area (Å²) in [5.41, 5.74) is 14.8. The van der Waals surface area contributed by atoms with Gasteiger partial charge in [0.25, 0.3) is 0 Å². The zero-order valence-electron chi connectivity index (χ0n) is 30.3. The van der Waals surface area contributed by atoms with Crippen molar-refractivity contribution in [2.24, 2.45) is 0 Å². The number of fused-ring (bicyclic) bond motifs is 9. The third kappa shape index (κ3) is 5.03. The Balaban J connectivity index is 1.12. The molecule has 3 nitrogen and oxygen atoms in total. The normalized spacial score (nSPS) is 13.1. The molecule has 0 saturated heterocycles. The van der Waals surface area contributed by atoms with Crippen molar-refractivity contribution in [1.29, 1.82) is 0 Å². The van der Waals surface area contributed by atoms with Crippen molar-refractivity contribution >= 4 is 11.8 Å². The van der Waals surface area contributed by atoms with Crippen LogP contribution in [0.1, 0.15) is 22.3 Å². The average Bonchev–Trinajstić information content (AvgIpc) is 3.57. The SMILES string of the molecule is c1ccc(-c2ccc(-c3nc(-c4ccccc4)nc(-c4ccccc4-c4cccc5c4Sc4ccccc4C54c5ccccc5-c5ccccc54)n3)cc2)cc1. The fourth-order valence-electron chi connectivity index (χ4n) is 8.79. The van der Waals surface area contributed by atoms with Crippen LogP contribution in [-0.2, 0) is 5.41 Å². The minimum atomic E-state index is -0.456. The maximum Gasteiger partial charge on any atom is 0.164 e. The highest BCUT2D eigenvalue weighted by Gasteiger charge is 2.50. The topological polar surface area (TPSA) is 38.7 Å². The third-order valence-electron chi connectivity index (χ3n) is 11.3. The van der Waals surface area contributed by atoms with Crippen molar-refractivity contribution in [3.63, 3.8) is 0 Å². The molecule has 4 heteroatoms. The Labute approximate surface area is 330 Å². The van der Waals surface area contributed by atoms with Gasteiger partial charge in [0.05, 0.1) is 5.41 Å². The number of nitrogens with zero attached hydrogens (tertiary/aromatic N) is 3. The molecule has 0 bridgehead atoms. The van der Waals surface area contributed by atoms with E-state index in [0.717, 1.165) is 33.4 Å². The van der Waals surface area contributed by atoms with Crippen LogP contribution in [-0.4, -0.2) is 15.0 Å². The van der Waals surface area contributed by atoms with Crippen molar-refractivity contribution in [2.45, 2.75) is 15.2 Å². The van der Waals surface area contributed by atoms with Gasteiger partial charge in [-0.05, 0) is 61.7 Å². The van der Waals surface area contributed by atoms with E-state index in [1.165, 1.54) is 48.7 Å². The summed E-state index contributed by atoms with van der Waals surface area (Å²) in [5.74, 6) is 1.92. The molecule has 0 atom stereocenters. The summed E-state index contributed by atoms with van der Waals surface area (Å²) in [6, 6.07) is 71.5. The quantitative estimate of drug-likeness (QED) is 0.177.